The first-order valence-corrected chi connectivity index (χ1v) is 23.5. The van der Waals surface area contributed by atoms with E-state index in [0.717, 1.165) is 89.9 Å². The van der Waals surface area contributed by atoms with Gasteiger partial charge in [0.1, 0.15) is 6.10 Å². The molecule has 0 rings (SSSR count). The Labute approximate surface area is 346 Å². The Bertz CT molecular complexity index is 1010. The van der Waals surface area contributed by atoms with Gasteiger partial charge < -0.3 is 20.3 Å². The maximum absolute atomic E-state index is 13.1. The molecule has 0 bridgehead atoms. The molecule has 0 radical (unpaired) electrons. The molecule has 0 heterocycles. The summed E-state index contributed by atoms with van der Waals surface area (Å²) in [7, 11) is 0. The van der Waals surface area contributed by atoms with Crippen molar-refractivity contribution in [2.24, 2.45) is 0 Å². The Balaban J connectivity index is 4.72. The smallest absolute Gasteiger partial charge is 0.306 e. The normalized spacial score (nSPS) is 13.9. The van der Waals surface area contributed by atoms with Gasteiger partial charge in [-0.2, -0.15) is 0 Å². The number of unbranched alkanes of at least 4 members (excludes halogenated alkanes) is 19. The van der Waals surface area contributed by atoms with Gasteiger partial charge in [-0.05, 0) is 83.5 Å². The van der Waals surface area contributed by atoms with E-state index in [2.05, 4.69) is 86.8 Å². The number of rotatable bonds is 41. The van der Waals surface area contributed by atoms with E-state index in [-0.39, 0.29) is 24.9 Å². The van der Waals surface area contributed by atoms with E-state index < -0.39 is 18.2 Å². The molecule has 0 saturated carbocycles. The zero-order valence-corrected chi connectivity index (χ0v) is 36.8. The monoisotopic (exact) mass is 784 g/mol. The van der Waals surface area contributed by atoms with Crippen LogP contribution in [0, 0.1) is 0 Å². The van der Waals surface area contributed by atoms with Crippen molar-refractivity contribution in [2.45, 2.75) is 238 Å². The first kappa shape index (κ1) is 53.6. The summed E-state index contributed by atoms with van der Waals surface area (Å²) in [5, 5.41) is 23.6. The van der Waals surface area contributed by atoms with Crippen LogP contribution in [0.2, 0.25) is 0 Å². The summed E-state index contributed by atoms with van der Waals surface area (Å²) >= 11 is 0. The van der Waals surface area contributed by atoms with Gasteiger partial charge in [0, 0.05) is 6.42 Å². The van der Waals surface area contributed by atoms with Crippen molar-refractivity contribution in [2.75, 3.05) is 6.61 Å². The van der Waals surface area contributed by atoms with Gasteiger partial charge in [0.05, 0.1) is 25.2 Å². The van der Waals surface area contributed by atoms with Crippen molar-refractivity contribution in [3.8, 4) is 0 Å². The summed E-state index contributed by atoms with van der Waals surface area (Å²) in [5.41, 5.74) is 0. The number of aliphatic hydroxyl groups is 2. The number of hydrogen-bond acceptors (Lipinski definition) is 5. The second-order valence-corrected chi connectivity index (χ2v) is 15.8. The molecule has 3 N–H and O–H groups in total. The van der Waals surface area contributed by atoms with Crippen LogP contribution in [0.3, 0.4) is 0 Å². The molecule has 0 fully saturated rings. The number of hydrogen-bond donors (Lipinski definition) is 3. The highest BCUT2D eigenvalue weighted by Gasteiger charge is 2.24. The van der Waals surface area contributed by atoms with E-state index in [1.807, 2.05) is 0 Å². The van der Waals surface area contributed by atoms with Gasteiger partial charge in [-0.3, -0.25) is 9.59 Å². The molecule has 1 amide bonds. The largest absolute Gasteiger partial charge is 0.462 e. The summed E-state index contributed by atoms with van der Waals surface area (Å²) in [4.78, 5) is 26.0. The van der Waals surface area contributed by atoms with Crippen LogP contribution in [-0.2, 0) is 14.3 Å². The van der Waals surface area contributed by atoms with E-state index in [1.54, 1.807) is 0 Å². The molecule has 0 aliphatic carbocycles. The second-order valence-electron chi connectivity index (χ2n) is 15.8. The third-order valence-electron chi connectivity index (χ3n) is 10.3. The zero-order valence-electron chi connectivity index (χ0n) is 36.8. The molecule has 0 aliphatic heterocycles. The van der Waals surface area contributed by atoms with Crippen LogP contribution in [0.15, 0.2) is 60.8 Å². The third-order valence-corrected chi connectivity index (χ3v) is 10.3. The van der Waals surface area contributed by atoms with Crippen LogP contribution < -0.4 is 5.32 Å². The van der Waals surface area contributed by atoms with Gasteiger partial charge in [0.25, 0.3) is 0 Å². The third kappa shape index (κ3) is 38.4. The predicted molar refractivity (Wildman–Crippen MR) is 241 cm³/mol. The minimum Gasteiger partial charge on any atom is -0.462 e. The zero-order chi connectivity index (χ0) is 41.0. The van der Waals surface area contributed by atoms with Gasteiger partial charge >= 0.3 is 5.97 Å². The van der Waals surface area contributed by atoms with E-state index in [9.17, 15) is 19.8 Å². The summed E-state index contributed by atoms with van der Waals surface area (Å²) in [6.07, 6.45) is 52.9. The number of esters is 1. The minimum absolute atomic E-state index is 0.0325. The van der Waals surface area contributed by atoms with Crippen LogP contribution in [-0.4, -0.2) is 46.9 Å². The number of allylic oxidation sites excluding steroid dienone is 10. The van der Waals surface area contributed by atoms with Crippen LogP contribution in [0.1, 0.15) is 220 Å². The maximum atomic E-state index is 13.1. The van der Waals surface area contributed by atoms with Crippen molar-refractivity contribution < 1.29 is 24.5 Å². The lowest BCUT2D eigenvalue weighted by Crippen LogP contribution is -2.46. The molecule has 6 nitrogen and oxygen atoms in total. The lowest BCUT2D eigenvalue weighted by molar-refractivity contribution is -0.151. The fourth-order valence-corrected chi connectivity index (χ4v) is 6.77. The quantitative estimate of drug-likeness (QED) is 0.0326. The molecular formula is C50H89NO5. The Morgan fingerprint density at radius 2 is 0.982 bits per heavy atom. The minimum atomic E-state index is -0.803. The molecule has 0 aromatic carbocycles. The summed E-state index contributed by atoms with van der Waals surface area (Å²) in [6.45, 7) is 6.31. The number of ether oxygens (including phenoxy) is 1. The highest BCUT2D eigenvalue weighted by atomic mass is 16.5. The predicted octanol–water partition coefficient (Wildman–Crippen LogP) is 13.7. The molecule has 3 unspecified atom stereocenters. The highest BCUT2D eigenvalue weighted by molar-refractivity contribution is 5.77. The SMILES string of the molecule is CC/C=C/C/C=C/C/C=C/C/C=C/CCCC(CC(=O)NC(CO)C(O)CCCCCCCCCCC)OC(=O)CCCCC/C=C\CCCCCCCCC. The molecule has 0 spiro atoms. The Morgan fingerprint density at radius 1 is 0.536 bits per heavy atom. The van der Waals surface area contributed by atoms with Crippen molar-refractivity contribution in [3.05, 3.63) is 60.8 Å². The van der Waals surface area contributed by atoms with Crippen LogP contribution in [0.4, 0.5) is 0 Å². The highest BCUT2D eigenvalue weighted by Crippen LogP contribution is 2.16. The van der Waals surface area contributed by atoms with Crippen molar-refractivity contribution >= 4 is 11.9 Å². The van der Waals surface area contributed by atoms with Crippen molar-refractivity contribution in [3.63, 3.8) is 0 Å². The molecule has 0 aromatic rings. The number of carbonyl (C=O) groups excluding carboxylic acids is 2. The Hall–Kier alpha value is -2.44. The number of nitrogens with one attached hydrogen (secondary N) is 1. The van der Waals surface area contributed by atoms with E-state index in [4.69, 9.17) is 4.74 Å². The van der Waals surface area contributed by atoms with Gasteiger partial charge in [0.2, 0.25) is 5.91 Å². The second kappa shape index (κ2) is 43.7. The number of carbonyl (C=O) groups is 2. The van der Waals surface area contributed by atoms with Crippen LogP contribution in [0.5, 0.6) is 0 Å². The van der Waals surface area contributed by atoms with Crippen LogP contribution in [0.25, 0.3) is 0 Å². The van der Waals surface area contributed by atoms with E-state index in [0.29, 0.717) is 19.3 Å². The summed E-state index contributed by atoms with van der Waals surface area (Å²) in [5.74, 6) is -0.551. The average molecular weight is 784 g/mol. The molecule has 56 heavy (non-hydrogen) atoms. The molecule has 324 valence electrons. The average Bonchev–Trinajstić information content (AvgIpc) is 3.19. The number of amides is 1. The first-order chi connectivity index (χ1) is 27.5. The molecule has 0 saturated heterocycles. The van der Waals surface area contributed by atoms with Crippen LogP contribution >= 0.6 is 0 Å². The Kier molecular flexibility index (Phi) is 41.8. The van der Waals surface area contributed by atoms with Crippen molar-refractivity contribution in [1.82, 2.24) is 5.32 Å². The van der Waals surface area contributed by atoms with Gasteiger partial charge in [-0.15, -0.1) is 0 Å². The lowest BCUT2D eigenvalue weighted by atomic mass is 10.0. The fraction of sp³-hybridized carbons (Fsp3) is 0.760. The Morgan fingerprint density at radius 3 is 1.52 bits per heavy atom. The van der Waals surface area contributed by atoms with Gasteiger partial charge in [-0.25, -0.2) is 0 Å². The molecular weight excluding hydrogens is 695 g/mol. The lowest BCUT2D eigenvalue weighted by Gasteiger charge is -2.24. The molecule has 0 aromatic heterocycles. The summed E-state index contributed by atoms with van der Waals surface area (Å²) in [6, 6.07) is -0.720. The number of aliphatic hydroxyl groups excluding tert-OH is 2. The molecule has 0 aliphatic rings. The van der Waals surface area contributed by atoms with E-state index >= 15 is 0 Å². The summed E-state index contributed by atoms with van der Waals surface area (Å²) < 4.78 is 5.87. The van der Waals surface area contributed by atoms with Gasteiger partial charge in [-0.1, -0.05) is 184 Å². The van der Waals surface area contributed by atoms with Gasteiger partial charge in [0.15, 0.2) is 0 Å². The van der Waals surface area contributed by atoms with Crippen molar-refractivity contribution in [1.29, 1.82) is 0 Å². The fourth-order valence-electron chi connectivity index (χ4n) is 6.77. The standard InChI is InChI=1S/C50H89NO5/c1-4-7-10-13-16-19-21-23-25-27-30-32-35-38-41-46(56-50(55)43-40-37-34-31-28-26-24-22-20-17-14-11-8-5-2)44-49(54)51-47(45-52)48(53)42-39-36-33-29-18-15-12-9-6-3/h7,10,16,19,23,25-26,28,30,32,46-48,52-53H,4-6,8-9,11-15,17-18,20-22,24,27,29,31,33-45H2,1-3H3,(H,51,54)/b10-7+,19-16+,25-23+,28-26-,32-30+. The van der Waals surface area contributed by atoms with E-state index in [1.165, 1.54) is 83.5 Å². The topological polar surface area (TPSA) is 95.9 Å². The maximum Gasteiger partial charge on any atom is 0.306 e. The molecule has 3 atom stereocenters. The molecule has 6 heteroatoms. The first-order valence-electron chi connectivity index (χ1n) is 23.5.